The molecule has 0 atom stereocenters. The monoisotopic (exact) mass is 323 g/mol. The maximum Gasteiger partial charge on any atom is 0.325 e. The van der Waals surface area contributed by atoms with Crippen molar-refractivity contribution in [1.82, 2.24) is 4.90 Å². The number of anilines is 2. The molecule has 0 saturated heterocycles. The summed E-state index contributed by atoms with van der Waals surface area (Å²) in [4.78, 5) is 36.8. The lowest BCUT2D eigenvalue weighted by Gasteiger charge is -2.21. The number of amides is 1. The molecule has 0 unspecified atom stereocenters. The van der Waals surface area contributed by atoms with Gasteiger partial charge in [-0.2, -0.15) is 0 Å². The maximum absolute atomic E-state index is 12.5. The smallest absolute Gasteiger partial charge is 0.325 e. The van der Waals surface area contributed by atoms with Crippen molar-refractivity contribution in [3.05, 3.63) is 23.8 Å². The quantitative estimate of drug-likeness (QED) is 0.550. The highest BCUT2D eigenvalue weighted by atomic mass is 16.5. The zero-order valence-corrected chi connectivity index (χ0v) is 13.2. The minimum atomic E-state index is -0.623. The lowest BCUT2D eigenvalue weighted by molar-refractivity contribution is -0.147. The molecule has 126 valence electrons. The van der Waals surface area contributed by atoms with Crippen LogP contribution in [0, 0.1) is 0 Å². The third kappa shape index (κ3) is 5.85. The van der Waals surface area contributed by atoms with E-state index in [0.29, 0.717) is 11.4 Å². The minimum absolute atomic E-state index is 0.172. The van der Waals surface area contributed by atoms with Crippen molar-refractivity contribution >= 4 is 29.2 Å². The molecule has 23 heavy (non-hydrogen) atoms. The van der Waals surface area contributed by atoms with Crippen LogP contribution in [0.2, 0.25) is 0 Å². The molecule has 8 heteroatoms. The molecule has 0 heterocycles. The van der Waals surface area contributed by atoms with Crippen molar-refractivity contribution in [2.45, 2.75) is 13.8 Å². The third-order valence-electron chi connectivity index (χ3n) is 2.76. The highest BCUT2D eigenvalue weighted by Crippen LogP contribution is 2.15. The maximum atomic E-state index is 12.5. The number of ether oxygens (including phenoxy) is 2. The Bertz CT molecular complexity index is 548. The van der Waals surface area contributed by atoms with Gasteiger partial charge in [0.25, 0.3) is 5.91 Å². The summed E-state index contributed by atoms with van der Waals surface area (Å²) in [5.41, 5.74) is 12.1. The van der Waals surface area contributed by atoms with Crippen LogP contribution in [0.4, 0.5) is 11.4 Å². The molecular weight excluding hydrogens is 302 g/mol. The van der Waals surface area contributed by atoms with Gasteiger partial charge in [0.1, 0.15) is 13.1 Å². The molecule has 0 aromatic heterocycles. The number of rotatable bonds is 7. The van der Waals surface area contributed by atoms with Crippen molar-refractivity contribution in [2.24, 2.45) is 0 Å². The van der Waals surface area contributed by atoms with E-state index in [9.17, 15) is 14.4 Å². The van der Waals surface area contributed by atoms with Gasteiger partial charge < -0.3 is 25.8 Å². The van der Waals surface area contributed by atoms with Crippen LogP contribution in [0.3, 0.4) is 0 Å². The molecule has 0 aliphatic heterocycles. The van der Waals surface area contributed by atoms with Gasteiger partial charge in [-0.3, -0.25) is 14.4 Å². The van der Waals surface area contributed by atoms with E-state index in [-0.39, 0.29) is 31.9 Å². The number of esters is 2. The fourth-order valence-electron chi connectivity index (χ4n) is 1.91. The van der Waals surface area contributed by atoms with Crippen molar-refractivity contribution in [1.29, 1.82) is 0 Å². The lowest BCUT2D eigenvalue weighted by atomic mass is 10.1. The van der Waals surface area contributed by atoms with Crippen molar-refractivity contribution in [3.8, 4) is 0 Å². The van der Waals surface area contributed by atoms with Crippen molar-refractivity contribution in [3.63, 3.8) is 0 Å². The van der Waals surface area contributed by atoms with Gasteiger partial charge in [0.2, 0.25) is 0 Å². The zero-order chi connectivity index (χ0) is 17.4. The first-order valence-electron chi connectivity index (χ1n) is 7.13. The third-order valence-corrected chi connectivity index (χ3v) is 2.76. The van der Waals surface area contributed by atoms with Gasteiger partial charge in [-0.05, 0) is 32.0 Å². The van der Waals surface area contributed by atoms with Gasteiger partial charge in [0.05, 0.1) is 13.2 Å². The molecule has 0 aliphatic carbocycles. The number of nitrogens with two attached hydrogens (primary N) is 2. The van der Waals surface area contributed by atoms with E-state index in [1.165, 1.54) is 18.2 Å². The van der Waals surface area contributed by atoms with E-state index >= 15 is 0 Å². The van der Waals surface area contributed by atoms with Gasteiger partial charge in [-0.25, -0.2) is 0 Å². The first-order valence-corrected chi connectivity index (χ1v) is 7.13. The zero-order valence-electron chi connectivity index (χ0n) is 13.2. The van der Waals surface area contributed by atoms with Gasteiger partial charge in [-0.15, -0.1) is 0 Å². The van der Waals surface area contributed by atoms with Crippen LogP contribution in [0.5, 0.6) is 0 Å². The summed E-state index contributed by atoms with van der Waals surface area (Å²) in [6, 6.07) is 4.34. The number of nitrogen functional groups attached to an aromatic ring is 2. The SMILES string of the molecule is CCOC(=O)CN(CC(=O)OCC)C(=O)c1cc(N)cc(N)c1. The van der Waals surface area contributed by atoms with E-state index in [0.717, 1.165) is 4.90 Å². The number of benzene rings is 1. The molecule has 0 radical (unpaired) electrons. The highest BCUT2D eigenvalue weighted by Gasteiger charge is 2.23. The highest BCUT2D eigenvalue weighted by molar-refractivity contribution is 5.99. The van der Waals surface area contributed by atoms with E-state index in [1.54, 1.807) is 13.8 Å². The normalized spacial score (nSPS) is 10.0. The molecule has 1 amide bonds. The van der Waals surface area contributed by atoms with E-state index in [2.05, 4.69) is 0 Å². The predicted octanol–water partition coefficient (Wildman–Crippen LogP) is 0.419. The van der Waals surface area contributed by atoms with Crippen LogP contribution < -0.4 is 11.5 Å². The Labute approximate surface area is 134 Å². The predicted molar refractivity (Wildman–Crippen MR) is 84.4 cm³/mol. The Morgan fingerprint density at radius 3 is 1.74 bits per heavy atom. The van der Waals surface area contributed by atoms with Crippen LogP contribution in [0.25, 0.3) is 0 Å². The standard InChI is InChI=1S/C15H21N3O5/c1-3-22-13(19)8-18(9-14(20)23-4-2)15(21)10-5-11(16)7-12(17)6-10/h5-7H,3-4,8-9,16-17H2,1-2H3. The van der Waals surface area contributed by atoms with E-state index < -0.39 is 17.8 Å². The Kier molecular flexibility index (Phi) is 6.85. The van der Waals surface area contributed by atoms with Gasteiger partial charge in [-0.1, -0.05) is 0 Å². The summed E-state index contributed by atoms with van der Waals surface area (Å²) in [6.45, 7) is 2.89. The second-order valence-electron chi connectivity index (χ2n) is 4.66. The molecule has 1 aromatic rings. The summed E-state index contributed by atoms with van der Waals surface area (Å²) < 4.78 is 9.63. The second-order valence-corrected chi connectivity index (χ2v) is 4.66. The van der Waals surface area contributed by atoms with Crippen LogP contribution in [0.1, 0.15) is 24.2 Å². The summed E-state index contributed by atoms with van der Waals surface area (Å²) in [5, 5.41) is 0. The van der Waals surface area contributed by atoms with Crippen molar-refractivity contribution < 1.29 is 23.9 Å². The summed E-state index contributed by atoms with van der Waals surface area (Å²) in [7, 11) is 0. The van der Waals surface area contributed by atoms with Crippen LogP contribution in [0.15, 0.2) is 18.2 Å². The number of nitrogens with zero attached hydrogens (tertiary/aromatic N) is 1. The fraction of sp³-hybridized carbons (Fsp3) is 0.400. The molecule has 1 aromatic carbocycles. The Balaban J connectivity index is 2.98. The molecule has 0 spiro atoms. The number of hydrogen-bond donors (Lipinski definition) is 2. The second kappa shape index (κ2) is 8.62. The first kappa shape index (κ1) is 18.3. The molecule has 0 saturated carbocycles. The van der Waals surface area contributed by atoms with Gasteiger partial charge >= 0.3 is 11.9 Å². The fourth-order valence-corrected chi connectivity index (χ4v) is 1.91. The van der Waals surface area contributed by atoms with Gasteiger partial charge in [0.15, 0.2) is 0 Å². The van der Waals surface area contributed by atoms with Crippen molar-refractivity contribution in [2.75, 3.05) is 37.8 Å². The molecule has 0 bridgehead atoms. The number of carbonyl (C=O) groups excluding carboxylic acids is 3. The Hall–Kier alpha value is -2.77. The molecule has 1 rings (SSSR count). The Morgan fingerprint density at radius 1 is 0.913 bits per heavy atom. The van der Waals surface area contributed by atoms with E-state index in [4.69, 9.17) is 20.9 Å². The van der Waals surface area contributed by atoms with Crippen LogP contribution in [-0.4, -0.2) is 49.0 Å². The topological polar surface area (TPSA) is 125 Å². The average Bonchev–Trinajstić information content (AvgIpc) is 2.45. The number of hydrogen-bond acceptors (Lipinski definition) is 7. The summed E-state index contributed by atoms with van der Waals surface area (Å²) in [5.74, 6) is -1.81. The number of carbonyl (C=O) groups is 3. The summed E-state index contributed by atoms with van der Waals surface area (Å²) >= 11 is 0. The molecular formula is C15H21N3O5. The molecule has 0 aliphatic rings. The lowest BCUT2D eigenvalue weighted by Crippen LogP contribution is -2.40. The molecule has 8 nitrogen and oxygen atoms in total. The Morgan fingerprint density at radius 2 is 1.35 bits per heavy atom. The minimum Gasteiger partial charge on any atom is -0.465 e. The van der Waals surface area contributed by atoms with Crippen LogP contribution in [-0.2, 0) is 19.1 Å². The molecule has 0 fully saturated rings. The van der Waals surface area contributed by atoms with E-state index in [1.807, 2.05) is 0 Å². The van der Waals surface area contributed by atoms with Crippen LogP contribution >= 0.6 is 0 Å². The summed E-state index contributed by atoms with van der Waals surface area (Å²) in [6.07, 6.45) is 0. The van der Waals surface area contributed by atoms with Gasteiger partial charge in [0, 0.05) is 16.9 Å². The largest absolute Gasteiger partial charge is 0.465 e. The molecule has 4 N–H and O–H groups in total. The first-order chi connectivity index (χ1) is 10.9. The average molecular weight is 323 g/mol.